The number of hydrogen-bond donors (Lipinski definition) is 1. The third-order valence-corrected chi connectivity index (χ3v) is 3.92. The highest BCUT2D eigenvalue weighted by Crippen LogP contribution is 2.11. The molecule has 0 heterocycles. The van der Waals surface area contributed by atoms with Crippen LogP contribution in [0.5, 0.6) is 0 Å². The van der Waals surface area contributed by atoms with Crippen molar-refractivity contribution in [3.05, 3.63) is 75.8 Å². The molecule has 0 radical (unpaired) electrons. The maximum Gasteiger partial charge on any atom is 0.349 e. The molecule has 6 heteroatoms. The summed E-state index contributed by atoms with van der Waals surface area (Å²) in [6.45, 7) is 1.89. The van der Waals surface area contributed by atoms with Gasteiger partial charge in [0.2, 0.25) is 0 Å². The van der Waals surface area contributed by atoms with E-state index in [1.54, 1.807) is 24.3 Å². The summed E-state index contributed by atoms with van der Waals surface area (Å²) in [5.74, 6) is -1.26. The molecule has 0 aliphatic heterocycles. The van der Waals surface area contributed by atoms with Crippen molar-refractivity contribution >= 4 is 29.6 Å². The van der Waals surface area contributed by atoms with Crippen molar-refractivity contribution in [1.29, 1.82) is 5.26 Å². The van der Waals surface area contributed by atoms with Gasteiger partial charge < -0.3 is 10.1 Å². The Labute approximate surface area is 163 Å². The predicted octanol–water partition coefficient (Wildman–Crippen LogP) is 3.46. The minimum absolute atomic E-state index is 0.161. The first-order valence-corrected chi connectivity index (χ1v) is 8.72. The van der Waals surface area contributed by atoms with Crippen LogP contribution in [0.15, 0.2) is 54.1 Å². The van der Waals surface area contributed by atoms with Crippen LogP contribution in [0.3, 0.4) is 0 Å². The van der Waals surface area contributed by atoms with Gasteiger partial charge in [-0.25, -0.2) is 4.79 Å². The first-order valence-electron chi connectivity index (χ1n) is 8.34. The van der Waals surface area contributed by atoms with Gasteiger partial charge in [-0.15, -0.1) is 0 Å². The van der Waals surface area contributed by atoms with Gasteiger partial charge in [-0.1, -0.05) is 53.6 Å². The topological polar surface area (TPSA) is 79.2 Å². The van der Waals surface area contributed by atoms with Gasteiger partial charge in [0, 0.05) is 11.6 Å². The van der Waals surface area contributed by atoms with Crippen LogP contribution in [0.4, 0.5) is 0 Å². The van der Waals surface area contributed by atoms with Crippen molar-refractivity contribution in [2.45, 2.75) is 13.3 Å². The summed E-state index contributed by atoms with van der Waals surface area (Å²) in [5, 5.41) is 12.4. The Morgan fingerprint density at radius 3 is 2.63 bits per heavy atom. The lowest BCUT2D eigenvalue weighted by Crippen LogP contribution is -2.30. The predicted molar refractivity (Wildman–Crippen MR) is 104 cm³/mol. The molecule has 2 aromatic rings. The molecule has 138 valence electrons. The Bertz CT molecular complexity index is 883. The summed E-state index contributed by atoms with van der Waals surface area (Å²) >= 11 is 5.90. The van der Waals surface area contributed by atoms with E-state index in [9.17, 15) is 9.59 Å². The number of nitrogens with zero attached hydrogens (tertiary/aromatic N) is 1. The molecule has 0 saturated heterocycles. The van der Waals surface area contributed by atoms with Gasteiger partial charge in [-0.3, -0.25) is 4.79 Å². The summed E-state index contributed by atoms with van der Waals surface area (Å²) in [5.41, 5.74) is 2.61. The highest BCUT2D eigenvalue weighted by Gasteiger charge is 2.13. The fraction of sp³-hybridized carbons (Fsp3) is 0.190. The van der Waals surface area contributed by atoms with Crippen LogP contribution < -0.4 is 5.32 Å². The molecule has 0 atom stereocenters. The van der Waals surface area contributed by atoms with Gasteiger partial charge in [0.15, 0.2) is 6.61 Å². The SMILES string of the molecule is Cc1ccc(/C=C(\C#N)C(=O)OCC(=O)NCCc2cccc(Cl)c2)cc1. The van der Waals surface area contributed by atoms with Crippen molar-refractivity contribution < 1.29 is 14.3 Å². The molecule has 1 amide bonds. The number of carbonyl (C=O) groups excluding carboxylic acids is 2. The number of nitrogens with one attached hydrogen (secondary N) is 1. The van der Waals surface area contributed by atoms with Crippen molar-refractivity contribution in [1.82, 2.24) is 5.32 Å². The Balaban J connectivity index is 1.80. The van der Waals surface area contributed by atoms with E-state index in [4.69, 9.17) is 21.6 Å². The van der Waals surface area contributed by atoms with Crippen molar-refractivity contribution in [2.24, 2.45) is 0 Å². The second kappa shape index (κ2) is 10.1. The van der Waals surface area contributed by atoms with Crippen LogP contribution >= 0.6 is 11.6 Å². The van der Waals surface area contributed by atoms with Crippen LogP contribution in [-0.4, -0.2) is 25.0 Å². The van der Waals surface area contributed by atoms with Crippen LogP contribution in [0, 0.1) is 18.3 Å². The maximum absolute atomic E-state index is 12.0. The van der Waals surface area contributed by atoms with Crippen LogP contribution in [0.1, 0.15) is 16.7 Å². The summed E-state index contributed by atoms with van der Waals surface area (Å²) in [4.78, 5) is 23.8. The first-order chi connectivity index (χ1) is 13.0. The van der Waals surface area contributed by atoms with E-state index < -0.39 is 18.5 Å². The van der Waals surface area contributed by atoms with Gasteiger partial charge in [0.1, 0.15) is 11.6 Å². The zero-order valence-corrected chi connectivity index (χ0v) is 15.6. The molecule has 1 N–H and O–H groups in total. The number of hydrogen-bond acceptors (Lipinski definition) is 4. The molecule has 0 aromatic heterocycles. The lowest BCUT2D eigenvalue weighted by atomic mass is 10.1. The Morgan fingerprint density at radius 1 is 1.22 bits per heavy atom. The third-order valence-electron chi connectivity index (χ3n) is 3.69. The molecule has 0 aliphatic carbocycles. The number of esters is 1. The first kappa shape index (κ1) is 20.2. The van der Waals surface area contributed by atoms with Gasteiger partial charge in [-0.05, 0) is 42.7 Å². The Morgan fingerprint density at radius 2 is 1.96 bits per heavy atom. The molecule has 2 aromatic carbocycles. The zero-order valence-electron chi connectivity index (χ0n) is 14.9. The number of nitriles is 1. The van der Waals surface area contributed by atoms with E-state index in [0.29, 0.717) is 23.6 Å². The fourth-order valence-electron chi connectivity index (χ4n) is 2.26. The van der Waals surface area contributed by atoms with Gasteiger partial charge in [0.25, 0.3) is 5.91 Å². The van der Waals surface area contributed by atoms with Crippen LogP contribution in [0.25, 0.3) is 6.08 Å². The van der Waals surface area contributed by atoms with Crippen molar-refractivity contribution in [2.75, 3.05) is 13.2 Å². The molecule has 27 heavy (non-hydrogen) atoms. The maximum atomic E-state index is 12.0. The summed E-state index contributed by atoms with van der Waals surface area (Å²) < 4.78 is 4.91. The molecule has 0 saturated carbocycles. The number of carbonyl (C=O) groups is 2. The number of rotatable bonds is 7. The second-order valence-corrected chi connectivity index (χ2v) is 6.32. The number of ether oxygens (including phenoxy) is 1. The van der Waals surface area contributed by atoms with E-state index in [-0.39, 0.29) is 5.57 Å². The molecular formula is C21H19ClN2O3. The largest absolute Gasteiger partial charge is 0.451 e. The monoisotopic (exact) mass is 382 g/mol. The average Bonchev–Trinajstić information content (AvgIpc) is 2.65. The molecular weight excluding hydrogens is 364 g/mol. The third kappa shape index (κ3) is 6.96. The average molecular weight is 383 g/mol. The van der Waals surface area contributed by atoms with E-state index in [1.165, 1.54) is 6.08 Å². The quantitative estimate of drug-likeness (QED) is 0.452. The molecule has 0 spiro atoms. The lowest BCUT2D eigenvalue weighted by molar-refractivity contribution is -0.144. The normalized spacial score (nSPS) is 10.8. The standard InChI is InChI=1S/C21H19ClN2O3/c1-15-5-7-17(8-6-15)11-18(13-23)21(26)27-14-20(25)24-10-9-16-3-2-4-19(22)12-16/h2-8,11-12H,9-10,14H2,1H3,(H,24,25)/b18-11+. The van der Waals surface area contributed by atoms with Crippen molar-refractivity contribution in [3.8, 4) is 6.07 Å². The Kier molecular flexibility index (Phi) is 7.60. The smallest absolute Gasteiger partial charge is 0.349 e. The summed E-state index contributed by atoms with van der Waals surface area (Å²) in [6, 6.07) is 16.5. The van der Waals surface area contributed by atoms with Crippen molar-refractivity contribution in [3.63, 3.8) is 0 Å². The van der Waals surface area contributed by atoms with E-state index >= 15 is 0 Å². The lowest BCUT2D eigenvalue weighted by Gasteiger charge is -2.07. The van der Waals surface area contributed by atoms with Gasteiger partial charge in [0.05, 0.1) is 0 Å². The molecule has 0 unspecified atom stereocenters. The molecule has 5 nitrogen and oxygen atoms in total. The highest BCUT2D eigenvalue weighted by molar-refractivity contribution is 6.30. The summed E-state index contributed by atoms with van der Waals surface area (Å²) in [7, 11) is 0. The molecule has 0 bridgehead atoms. The van der Waals surface area contributed by atoms with Gasteiger partial charge in [-0.2, -0.15) is 5.26 Å². The second-order valence-electron chi connectivity index (χ2n) is 5.89. The molecule has 0 aliphatic rings. The number of benzene rings is 2. The number of amides is 1. The minimum atomic E-state index is -0.830. The van der Waals surface area contributed by atoms with Crippen LogP contribution in [0.2, 0.25) is 5.02 Å². The van der Waals surface area contributed by atoms with Gasteiger partial charge >= 0.3 is 5.97 Å². The molecule has 0 fully saturated rings. The van der Waals surface area contributed by atoms with Crippen LogP contribution in [-0.2, 0) is 20.7 Å². The van der Waals surface area contributed by atoms with E-state index in [0.717, 1.165) is 11.1 Å². The van der Waals surface area contributed by atoms with E-state index in [1.807, 2.05) is 37.3 Å². The minimum Gasteiger partial charge on any atom is -0.451 e. The highest BCUT2D eigenvalue weighted by atomic mass is 35.5. The number of aryl methyl sites for hydroxylation is 1. The van der Waals surface area contributed by atoms with E-state index in [2.05, 4.69) is 5.32 Å². The molecule has 2 rings (SSSR count). The summed E-state index contributed by atoms with van der Waals surface area (Å²) in [6.07, 6.45) is 2.04. The Hall–Kier alpha value is -3.10. The zero-order chi connectivity index (χ0) is 19.6. The number of halogens is 1. The fourth-order valence-corrected chi connectivity index (χ4v) is 2.48.